The number of hydrogen-bond donors (Lipinski definition) is 0. The molecule has 1 aliphatic carbocycles. The Hall–Kier alpha value is -1.36. The van der Waals surface area contributed by atoms with Gasteiger partial charge >= 0.3 is 0 Å². The number of thiophene rings is 1. The van der Waals surface area contributed by atoms with E-state index in [4.69, 9.17) is 0 Å². The van der Waals surface area contributed by atoms with Gasteiger partial charge in [0.05, 0.1) is 4.88 Å². The largest absolute Gasteiger partial charge is 0.342 e. The van der Waals surface area contributed by atoms with E-state index in [1.165, 1.54) is 29.7 Å². The predicted octanol–water partition coefficient (Wildman–Crippen LogP) is 3.88. The molecule has 0 bridgehead atoms. The Kier molecular flexibility index (Phi) is 5.63. The van der Waals surface area contributed by atoms with Crippen LogP contribution in [0.5, 0.6) is 0 Å². The quantitative estimate of drug-likeness (QED) is 0.788. The van der Waals surface area contributed by atoms with Gasteiger partial charge in [0.2, 0.25) is 5.91 Å². The summed E-state index contributed by atoms with van der Waals surface area (Å²) in [5, 5.41) is 0. The maximum Gasteiger partial charge on any atom is 0.263 e. The third-order valence-electron chi connectivity index (χ3n) is 6.20. The molecule has 4 nitrogen and oxygen atoms in total. The van der Waals surface area contributed by atoms with Crippen LogP contribution in [0.25, 0.3) is 0 Å². The van der Waals surface area contributed by atoms with Gasteiger partial charge in [0.1, 0.15) is 0 Å². The second kappa shape index (κ2) is 8.12. The number of rotatable bonds is 2. The van der Waals surface area contributed by atoms with Crippen LogP contribution in [0.4, 0.5) is 0 Å². The highest BCUT2D eigenvalue weighted by Gasteiger charge is 2.31. The predicted molar refractivity (Wildman–Crippen MR) is 105 cm³/mol. The summed E-state index contributed by atoms with van der Waals surface area (Å²) in [5.74, 6) is 0.681. The van der Waals surface area contributed by atoms with Crippen LogP contribution in [0, 0.1) is 5.92 Å². The van der Waals surface area contributed by atoms with E-state index in [1.807, 2.05) is 4.90 Å². The highest BCUT2D eigenvalue weighted by Crippen LogP contribution is 2.34. The molecule has 5 heteroatoms. The molecule has 0 aromatic carbocycles. The van der Waals surface area contributed by atoms with E-state index >= 15 is 0 Å². The first-order valence-electron chi connectivity index (χ1n) is 10.4. The Labute approximate surface area is 160 Å². The molecule has 0 radical (unpaired) electrons. The monoisotopic (exact) mass is 374 g/mol. The van der Waals surface area contributed by atoms with Crippen LogP contribution >= 0.6 is 11.3 Å². The van der Waals surface area contributed by atoms with Gasteiger partial charge in [-0.1, -0.05) is 12.8 Å². The van der Waals surface area contributed by atoms with Gasteiger partial charge in [-0.2, -0.15) is 0 Å². The van der Waals surface area contributed by atoms with E-state index in [0.717, 1.165) is 76.0 Å². The highest BCUT2D eigenvalue weighted by atomic mass is 32.1. The molecule has 142 valence electrons. The zero-order valence-electron chi connectivity index (χ0n) is 15.7. The molecule has 0 saturated carbocycles. The summed E-state index contributed by atoms with van der Waals surface area (Å²) in [6.07, 6.45) is 11.0. The molecule has 2 saturated heterocycles. The number of nitrogens with zero attached hydrogens (tertiary/aromatic N) is 2. The van der Waals surface area contributed by atoms with Gasteiger partial charge in [0, 0.05) is 37.0 Å². The summed E-state index contributed by atoms with van der Waals surface area (Å²) in [6, 6.07) is 2.10. The number of hydrogen-bond acceptors (Lipinski definition) is 3. The molecule has 3 heterocycles. The van der Waals surface area contributed by atoms with Gasteiger partial charge in [0.15, 0.2) is 0 Å². The Morgan fingerprint density at radius 3 is 2.19 bits per heavy atom. The third-order valence-corrected chi connectivity index (χ3v) is 7.43. The van der Waals surface area contributed by atoms with E-state index < -0.39 is 0 Å². The molecule has 0 spiro atoms. The van der Waals surface area contributed by atoms with E-state index in [0.29, 0.717) is 5.91 Å². The van der Waals surface area contributed by atoms with Crippen molar-refractivity contribution in [1.29, 1.82) is 0 Å². The molecular formula is C21H30N2O2S. The molecule has 1 aromatic heterocycles. The molecule has 0 N–H and O–H groups in total. The molecule has 26 heavy (non-hydrogen) atoms. The Morgan fingerprint density at radius 1 is 0.885 bits per heavy atom. The van der Waals surface area contributed by atoms with Crippen LogP contribution in [0.3, 0.4) is 0 Å². The molecule has 2 fully saturated rings. The summed E-state index contributed by atoms with van der Waals surface area (Å²) in [4.78, 5) is 32.1. The number of carbonyl (C=O) groups excluding carboxylic acids is 2. The summed E-state index contributed by atoms with van der Waals surface area (Å²) in [6.45, 7) is 3.67. The van der Waals surface area contributed by atoms with Crippen molar-refractivity contribution in [2.75, 3.05) is 26.2 Å². The number of carbonyl (C=O) groups is 2. The maximum absolute atomic E-state index is 13.0. The fourth-order valence-corrected chi connectivity index (χ4v) is 5.82. The molecule has 2 aliphatic heterocycles. The van der Waals surface area contributed by atoms with Gasteiger partial charge < -0.3 is 9.80 Å². The number of likely N-dealkylation sites (tertiary alicyclic amines) is 2. The first kappa shape index (κ1) is 18.0. The Morgan fingerprint density at radius 2 is 1.50 bits per heavy atom. The standard InChI is InChI=1S/C21H30N2O2S/c24-20(22-10-4-1-2-5-11-22)16-8-9-18-17(14-16)15-19(26-18)21(25)23-12-6-3-7-13-23/h15-16H,1-14H2/t16-/m1/s1. The average molecular weight is 375 g/mol. The summed E-state index contributed by atoms with van der Waals surface area (Å²) >= 11 is 1.67. The molecule has 1 atom stereocenters. The number of aryl methyl sites for hydroxylation is 1. The van der Waals surface area contributed by atoms with Crippen molar-refractivity contribution in [3.05, 3.63) is 21.4 Å². The van der Waals surface area contributed by atoms with E-state index in [9.17, 15) is 9.59 Å². The molecule has 1 aromatic rings. The molecule has 3 aliphatic rings. The number of amides is 2. The van der Waals surface area contributed by atoms with Crippen molar-refractivity contribution in [2.45, 2.75) is 64.2 Å². The fourth-order valence-electron chi connectivity index (χ4n) is 4.64. The lowest BCUT2D eigenvalue weighted by Crippen LogP contribution is -2.38. The Balaban J connectivity index is 1.42. The zero-order valence-corrected chi connectivity index (χ0v) is 16.5. The van der Waals surface area contributed by atoms with Gasteiger partial charge in [-0.05, 0) is 63.0 Å². The summed E-state index contributed by atoms with van der Waals surface area (Å²) in [7, 11) is 0. The first-order valence-corrected chi connectivity index (χ1v) is 11.2. The molecule has 0 unspecified atom stereocenters. The second-order valence-corrected chi connectivity index (χ2v) is 9.23. The van der Waals surface area contributed by atoms with E-state index in [2.05, 4.69) is 11.0 Å². The maximum atomic E-state index is 13.0. The Bertz CT molecular complexity index is 655. The van der Waals surface area contributed by atoms with Crippen molar-refractivity contribution in [3.63, 3.8) is 0 Å². The van der Waals surface area contributed by atoms with Crippen molar-refractivity contribution in [1.82, 2.24) is 9.80 Å². The van der Waals surface area contributed by atoms with E-state index in [-0.39, 0.29) is 11.8 Å². The van der Waals surface area contributed by atoms with Gasteiger partial charge in [0.25, 0.3) is 5.91 Å². The lowest BCUT2D eigenvalue weighted by Gasteiger charge is -2.28. The summed E-state index contributed by atoms with van der Waals surface area (Å²) < 4.78 is 0. The van der Waals surface area contributed by atoms with Crippen LogP contribution in [-0.2, 0) is 17.6 Å². The number of fused-ring (bicyclic) bond motifs is 1. The normalized spacial score (nSPS) is 24.1. The minimum absolute atomic E-state index is 0.119. The smallest absolute Gasteiger partial charge is 0.263 e. The van der Waals surface area contributed by atoms with Crippen LogP contribution < -0.4 is 0 Å². The van der Waals surface area contributed by atoms with Crippen LogP contribution in [0.1, 0.15) is 71.5 Å². The van der Waals surface area contributed by atoms with Crippen LogP contribution in [0.2, 0.25) is 0 Å². The second-order valence-electron chi connectivity index (χ2n) is 8.09. The topological polar surface area (TPSA) is 40.6 Å². The minimum atomic E-state index is 0.119. The molecule has 2 amide bonds. The lowest BCUT2D eigenvalue weighted by molar-refractivity contribution is -0.135. The van der Waals surface area contributed by atoms with E-state index in [1.54, 1.807) is 11.3 Å². The lowest BCUT2D eigenvalue weighted by atomic mass is 9.87. The number of piperidine rings is 1. The van der Waals surface area contributed by atoms with Crippen molar-refractivity contribution >= 4 is 23.2 Å². The molecular weight excluding hydrogens is 344 g/mol. The average Bonchev–Trinajstić information content (AvgIpc) is 2.92. The first-order chi connectivity index (χ1) is 12.7. The van der Waals surface area contributed by atoms with Crippen molar-refractivity contribution in [3.8, 4) is 0 Å². The van der Waals surface area contributed by atoms with Crippen molar-refractivity contribution in [2.24, 2.45) is 5.92 Å². The fraction of sp³-hybridized carbons (Fsp3) is 0.714. The van der Waals surface area contributed by atoms with Gasteiger partial charge in [-0.15, -0.1) is 11.3 Å². The van der Waals surface area contributed by atoms with Gasteiger partial charge in [-0.25, -0.2) is 0 Å². The SMILES string of the molecule is O=C(c1cc2c(s1)CC[C@@H](C(=O)N1CCCCCC1)C2)N1CCCCC1. The van der Waals surface area contributed by atoms with Crippen LogP contribution in [-0.4, -0.2) is 47.8 Å². The zero-order chi connectivity index (χ0) is 17.9. The minimum Gasteiger partial charge on any atom is -0.342 e. The molecule has 4 rings (SSSR count). The van der Waals surface area contributed by atoms with Crippen LogP contribution in [0.15, 0.2) is 6.07 Å². The highest BCUT2D eigenvalue weighted by molar-refractivity contribution is 7.14. The van der Waals surface area contributed by atoms with Crippen molar-refractivity contribution < 1.29 is 9.59 Å². The summed E-state index contributed by atoms with van der Waals surface area (Å²) in [5.41, 5.74) is 1.26. The van der Waals surface area contributed by atoms with Gasteiger partial charge in [-0.3, -0.25) is 9.59 Å². The third kappa shape index (κ3) is 3.83.